The van der Waals surface area contributed by atoms with Gasteiger partial charge in [0.1, 0.15) is 0 Å². The van der Waals surface area contributed by atoms with E-state index in [1.807, 2.05) is 87.5 Å². The summed E-state index contributed by atoms with van der Waals surface area (Å²) in [5.41, 5.74) is 1.94. The Hall–Kier alpha value is -3.47. The number of anilines is 1. The summed E-state index contributed by atoms with van der Waals surface area (Å²) in [7, 11) is 0. The van der Waals surface area contributed by atoms with Gasteiger partial charge in [0.15, 0.2) is 0 Å². The minimum Gasteiger partial charge on any atom is -0.420 e. The first-order chi connectivity index (χ1) is 13.4. The average Bonchev–Trinajstić information content (AvgIpc) is 3.19. The van der Waals surface area contributed by atoms with Gasteiger partial charge in [-0.15, -0.1) is 10.2 Å². The minimum atomic E-state index is -0.195. The Morgan fingerprint density at radius 1 is 0.893 bits per heavy atom. The lowest BCUT2D eigenvalue weighted by atomic mass is 9.97. The summed E-state index contributed by atoms with van der Waals surface area (Å²) in [4.78, 5) is 12.6. The molecule has 1 amide bonds. The van der Waals surface area contributed by atoms with Crippen LogP contribution in [0.1, 0.15) is 37.0 Å². The second-order valence-corrected chi connectivity index (χ2v) is 7.76. The fourth-order valence-electron chi connectivity index (χ4n) is 2.87. The van der Waals surface area contributed by atoms with Crippen LogP contribution in [0.3, 0.4) is 0 Å². The maximum Gasteiger partial charge on any atom is 0.255 e. The van der Waals surface area contributed by atoms with E-state index in [2.05, 4.69) is 15.5 Å². The van der Waals surface area contributed by atoms with Crippen molar-refractivity contribution in [1.82, 2.24) is 10.2 Å². The summed E-state index contributed by atoms with van der Waals surface area (Å²) in [6.45, 7) is 6.07. The van der Waals surface area contributed by atoms with E-state index in [0.717, 1.165) is 16.3 Å². The van der Waals surface area contributed by atoms with Gasteiger partial charge in [0.25, 0.3) is 5.91 Å². The van der Waals surface area contributed by atoms with Gasteiger partial charge in [0.05, 0.1) is 0 Å². The molecule has 0 atom stereocenters. The molecular weight excluding hydrogens is 350 g/mol. The Balaban J connectivity index is 1.50. The molecule has 0 bridgehead atoms. The van der Waals surface area contributed by atoms with E-state index in [1.54, 1.807) is 0 Å². The van der Waals surface area contributed by atoms with Crippen molar-refractivity contribution < 1.29 is 9.21 Å². The van der Waals surface area contributed by atoms with Gasteiger partial charge in [-0.3, -0.25) is 4.79 Å². The number of amides is 1. The van der Waals surface area contributed by atoms with E-state index in [9.17, 15) is 4.79 Å². The van der Waals surface area contributed by atoms with Crippen LogP contribution in [0.2, 0.25) is 0 Å². The standard InChI is InChI=1S/C23H21N3O2/c1-23(2,3)22-26-25-21(28-22)16-10-12-19(13-11-16)24-20(27)18-9-8-15-6-4-5-7-17(15)14-18/h4-14H,1-3H3,(H,24,27). The number of carbonyl (C=O) groups excluding carboxylic acids is 1. The van der Waals surface area contributed by atoms with Gasteiger partial charge in [0, 0.05) is 22.2 Å². The van der Waals surface area contributed by atoms with E-state index < -0.39 is 0 Å². The highest BCUT2D eigenvalue weighted by molar-refractivity contribution is 6.06. The zero-order valence-electron chi connectivity index (χ0n) is 16.1. The highest BCUT2D eigenvalue weighted by Crippen LogP contribution is 2.26. The summed E-state index contributed by atoms with van der Waals surface area (Å²) < 4.78 is 5.76. The van der Waals surface area contributed by atoms with Crippen LogP contribution >= 0.6 is 0 Å². The zero-order chi connectivity index (χ0) is 19.7. The average molecular weight is 371 g/mol. The first-order valence-corrected chi connectivity index (χ1v) is 9.15. The third kappa shape index (κ3) is 3.64. The molecule has 0 aliphatic carbocycles. The molecule has 0 aliphatic heterocycles. The molecule has 28 heavy (non-hydrogen) atoms. The first kappa shape index (κ1) is 17.9. The molecule has 4 rings (SSSR count). The second kappa shape index (κ2) is 6.93. The molecule has 0 fully saturated rings. The fourth-order valence-corrected chi connectivity index (χ4v) is 2.87. The molecule has 1 aromatic heterocycles. The molecule has 0 saturated heterocycles. The minimum absolute atomic E-state index is 0.147. The Labute approximate surface area is 163 Å². The molecule has 0 saturated carbocycles. The van der Waals surface area contributed by atoms with Crippen LogP contribution in [0.5, 0.6) is 0 Å². The van der Waals surface area contributed by atoms with Crippen LogP contribution in [0.25, 0.3) is 22.2 Å². The SMILES string of the molecule is CC(C)(C)c1nnc(-c2ccc(NC(=O)c3ccc4ccccc4c3)cc2)o1. The highest BCUT2D eigenvalue weighted by atomic mass is 16.4. The van der Waals surface area contributed by atoms with Crippen LogP contribution in [-0.2, 0) is 5.41 Å². The van der Waals surface area contributed by atoms with Gasteiger partial charge in [0.2, 0.25) is 11.8 Å². The van der Waals surface area contributed by atoms with Gasteiger partial charge in [-0.1, -0.05) is 51.1 Å². The molecule has 0 spiro atoms. The molecule has 5 heteroatoms. The zero-order valence-corrected chi connectivity index (χ0v) is 16.1. The Morgan fingerprint density at radius 2 is 1.61 bits per heavy atom. The third-order valence-electron chi connectivity index (χ3n) is 4.47. The smallest absolute Gasteiger partial charge is 0.255 e. The molecule has 3 aromatic carbocycles. The van der Waals surface area contributed by atoms with E-state index >= 15 is 0 Å². The van der Waals surface area contributed by atoms with Crippen LogP contribution in [0.4, 0.5) is 5.69 Å². The highest BCUT2D eigenvalue weighted by Gasteiger charge is 2.21. The number of aromatic nitrogens is 2. The quantitative estimate of drug-likeness (QED) is 0.521. The van der Waals surface area contributed by atoms with E-state index in [0.29, 0.717) is 23.0 Å². The van der Waals surface area contributed by atoms with Crippen molar-refractivity contribution in [3.8, 4) is 11.5 Å². The molecule has 5 nitrogen and oxygen atoms in total. The molecule has 0 unspecified atom stereocenters. The fraction of sp³-hybridized carbons (Fsp3) is 0.174. The number of rotatable bonds is 3. The van der Waals surface area contributed by atoms with Crippen LogP contribution in [-0.4, -0.2) is 16.1 Å². The van der Waals surface area contributed by atoms with Gasteiger partial charge < -0.3 is 9.73 Å². The second-order valence-electron chi connectivity index (χ2n) is 7.76. The van der Waals surface area contributed by atoms with E-state index in [-0.39, 0.29) is 11.3 Å². The number of hydrogen-bond acceptors (Lipinski definition) is 4. The molecule has 0 radical (unpaired) electrons. The number of nitrogens with zero attached hydrogens (tertiary/aromatic N) is 2. The number of fused-ring (bicyclic) bond motifs is 1. The molecule has 1 heterocycles. The first-order valence-electron chi connectivity index (χ1n) is 9.15. The summed E-state index contributed by atoms with van der Waals surface area (Å²) in [5.74, 6) is 0.917. The summed E-state index contributed by atoms with van der Waals surface area (Å²) in [6.07, 6.45) is 0. The molecule has 0 aliphatic rings. The van der Waals surface area contributed by atoms with Crippen molar-refractivity contribution in [2.24, 2.45) is 0 Å². The summed E-state index contributed by atoms with van der Waals surface area (Å²) >= 11 is 0. The van der Waals surface area contributed by atoms with Crippen molar-refractivity contribution in [3.05, 3.63) is 78.2 Å². The molecule has 1 N–H and O–H groups in total. The van der Waals surface area contributed by atoms with Crippen LogP contribution in [0.15, 0.2) is 71.1 Å². The molecule has 140 valence electrons. The predicted octanol–water partition coefficient (Wildman–Crippen LogP) is 5.44. The van der Waals surface area contributed by atoms with Crippen molar-refractivity contribution in [3.63, 3.8) is 0 Å². The summed E-state index contributed by atoms with van der Waals surface area (Å²) in [6, 6.07) is 21.0. The van der Waals surface area contributed by atoms with E-state index in [4.69, 9.17) is 4.42 Å². The van der Waals surface area contributed by atoms with Crippen molar-refractivity contribution in [2.45, 2.75) is 26.2 Å². The number of hydrogen-bond donors (Lipinski definition) is 1. The van der Waals surface area contributed by atoms with Gasteiger partial charge in [-0.25, -0.2) is 0 Å². The topological polar surface area (TPSA) is 68.0 Å². The van der Waals surface area contributed by atoms with Gasteiger partial charge >= 0.3 is 0 Å². The lowest BCUT2D eigenvalue weighted by molar-refractivity contribution is 0.102. The molecular formula is C23H21N3O2. The molecule has 4 aromatic rings. The Morgan fingerprint density at radius 3 is 2.29 bits per heavy atom. The van der Waals surface area contributed by atoms with Crippen LogP contribution in [0, 0.1) is 0 Å². The predicted molar refractivity (Wildman–Crippen MR) is 110 cm³/mol. The Bertz CT molecular complexity index is 1140. The monoisotopic (exact) mass is 371 g/mol. The van der Waals surface area contributed by atoms with Gasteiger partial charge in [-0.05, 0) is 47.2 Å². The normalized spacial score (nSPS) is 11.5. The lowest BCUT2D eigenvalue weighted by Crippen LogP contribution is -2.11. The number of nitrogens with one attached hydrogen (secondary N) is 1. The van der Waals surface area contributed by atoms with Crippen molar-refractivity contribution in [2.75, 3.05) is 5.32 Å². The summed E-state index contributed by atoms with van der Waals surface area (Å²) in [5, 5.41) is 13.3. The third-order valence-corrected chi connectivity index (χ3v) is 4.47. The lowest BCUT2D eigenvalue weighted by Gasteiger charge is -2.11. The van der Waals surface area contributed by atoms with E-state index in [1.165, 1.54) is 0 Å². The largest absolute Gasteiger partial charge is 0.420 e. The van der Waals surface area contributed by atoms with Crippen LogP contribution < -0.4 is 5.32 Å². The maximum absolute atomic E-state index is 12.6. The Kier molecular flexibility index (Phi) is 4.43. The van der Waals surface area contributed by atoms with Crippen molar-refractivity contribution >= 4 is 22.4 Å². The maximum atomic E-state index is 12.6. The van der Waals surface area contributed by atoms with Gasteiger partial charge in [-0.2, -0.15) is 0 Å². The van der Waals surface area contributed by atoms with Crippen molar-refractivity contribution in [1.29, 1.82) is 0 Å². The number of benzene rings is 3. The number of carbonyl (C=O) groups is 1.